The zero-order chi connectivity index (χ0) is 15.6. The first-order chi connectivity index (χ1) is 10.5. The van der Waals surface area contributed by atoms with E-state index in [0.29, 0.717) is 11.4 Å². The molecule has 1 aromatic heterocycles. The molecule has 1 aromatic carbocycles. The molecule has 1 aliphatic heterocycles. The minimum atomic E-state index is -3.30. The van der Waals surface area contributed by atoms with Gasteiger partial charge in [0.05, 0.1) is 11.5 Å². The summed E-state index contributed by atoms with van der Waals surface area (Å²) in [5.41, 5.74) is 0.689. The van der Waals surface area contributed by atoms with Gasteiger partial charge >= 0.3 is 6.03 Å². The van der Waals surface area contributed by atoms with Gasteiger partial charge in [-0.3, -0.25) is 0 Å². The Morgan fingerprint density at radius 3 is 2.55 bits per heavy atom. The van der Waals surface area contributed by atoms with Crippen LogP contribution in [-0.4, -0.2) is 37.7 Å². The fourth-order valence-electron chi connectivity index (χ4n) is 2.27. The van der Waals surface area contributed by atoms with Gasteiger partial charge in [-0.25, -0.2) is 13.2 Å². The molecule has 2 aromatic rings. The summed E-state index contributed by atoms with van der Waals surface area (Å²) in [6, 6.07) is 12.1. The number of carbonyl (C=O) groups excluding carboxylic acids is 1. The van der Waals surface area contributed by atoms with Crippen LogP contribution >= 0.6 is 0 Å². The van der Waals surface area contributed by atoms with Gasteiger partial charge in [0.1, 0.15) is 11.5 Å². The van der Waals surface area contributed by atoms with Crippen LogP contribution in [0, 0.1) is 0 Å². The maximum Gasteiger partial charge on any atom is 0.321 e. The van der Waals surface area contributed by atoms with Crippen molar-refractivity contribution >= 4 is 21.6 Å². The number of nitrogens with one attached hydrogen (secondary N) is 1. The highest BCUT2D eigenvalue weighted by molar-refractivity contribution is 7.91. The van der Waals surface area contributed by atoms with E-state index in [0.717, 1.165) is 0 Å². The molecule has 2 amide bonds. The topological polar surface area (TPSA) is 79.6 Å². The van der Waals surface area contributed by atoms with Crippen molar-refractivity contribution in [3.8, 4) is 0 Å². The molecule has 0 bridgehead atoms. The average molecular weight is 320 g/mol. The molecule has 1 aliphatic rings. The van der Waals surface area contributed by atoms with E-state index in [1.54, 1.807) is 24.3 Å². The number of benzene rings is 1. The van der Waals surface area contributed by atoms with E-state index in [9.17, 15) is 13.2 Å². The minimum Gasteiger partial charge on any atom is -0.468 e. The molecule has 1 saturated heterocycles. The van der Waals surface area contributed by atoms with Gasteiger partial charge in [0.2, 0.25) is 0 Å². The monoisotopic (exact) mass is 320 g/mol. The molecule has 6 nitrogen and oxygen atoms in total. The average Bonchev–Trinajstić information content (AvgIpc) is 2.89. The van der Waals surface area contributed by atoms with E-state index in [4.69, 9.17) is 4.42 Å². The molecule has 7 heteroatoms. The first-order valence-corrected chi connectivity index (χ1v) is 8.61. The van der Waals surface area contributed by atoms with Crippen molar-refractivity contribution in [1.29, 1.82) is 0 Å². The number of para-hydroxylation sites is 1. The normalized spacial score (nSPS) is 15.4. The zero-order valence-electron chi connectivity index (χ0n) is 11.8. The lowest BCUT2D eigenvalue weighted by molar-refractivity contribution is 0.182. The molecule has 1 fully saturated rings. The van der Waals surface area contributed by atoms with Crippen LogP contribution in [0.5, 0.6) is 0 Å². The lowest BCUT2D eigenvalue weighted by Gasteiger charge is -2.38. The number of furan rings is 1. The van der Waals surface area contributed by atoms with Crippen LogP contribution in [0.2, 0.25) is 0 Å². The van der Waals surface area contributed by atoms with Crippen LogP contribution in [0.25, 0.3) is 0 Å². The predicted molar refractivity (Wildman–Crippen MR) is 82.2 cm³/mol. The summed E-state index contributed by atoms with van der Waals surface area (Å²) in [6.07, 6.45) is 1.45. The smallest absolute Gasteiger partial charge is 0.321 e. The van der Waals surface area contributed by atoms with Gasteiger partial charge in [0.15, 0.2) is 9.84 Å². The van der Waals surface area contributed by atoms with Crippen LogP contribution in [-0.2, 0) is 15.6 Å². The van der Waals surface area contributed by atoms with Crippen molar-refractivity contribution in [2.75, 3.05) is 18.4 Å². The summed E-state index contributed by atoms with van der Waals surface area (Å²) >= 11 is 0. The Morgan fingerprint density at radius 2 is 1.91 bits per heavy atom. The number of hydrogen-bond acceptors (Lipinski definition) is 4. The molecular weight excluding hydrogens is 304 g/mol. The number of amides is 2. The largest absolute Gasteiger partial charge is 0.468 e. The van der Waals surface area contributed by atoms with Crippen molar-refractivity contribution in [2.24, 2.45) is 0 Å². The summed E-state index contributed by atoms with van der Waals surface area (Å²) in [5.74, 6) is 0.297. The number of nitrogens with zero attached hydrogens (tertiary/aromatic N) is 1. The number of sulfone groups is 1. The van der Waals surface area contributed by atoms with Crippen molar-refractivity contribution in [3.63, 3.8) is 0 Å². The van der Waals surface area contributed by atoms with Crippen LogP contribution in [0.1, 0.15) is 5.76 Å². The van der Waals surface area contributed by atoms with Gasteiger partial charge in [-0.2, -0.15) is 0 Å². The molecule has 1 N–H and O–H groups in total. The number of anilines is 1. The van der Waals surface area contributed by atoms with E-state index in [2.05, 4.69) is 5.32 Å². The maximum atomic E-state index is 12.2. The molecule has 0 saturated carbocycles. The Labute approximate surface area is 128 Å². The Morgan fingerprint density at radius 1 is 1.18 bits per heavy atom. The first kappa shape index (κ1) is 14.6. The summed E-state index contributed by atoms with van der Waals surface area (Å²) < 4.78 is 29.4. The number of likely N-dealkylation sites (tertiary alicyclic amines) is 1. The third kappa shape index (κ3) is 3.14. The number of carbonyl (C=O) groups is 1. The van der Waals surface area contributed by atoms with Crippen LogP contribution in [0.15, 0.2) is 53.1 Å². The van der Waals surface area contributed by atoms with Crippen LogP contribution < -0.4 is 5.32 Å². The molecule has 0 spiro atoms. The molecule has 0 unspecified atom stereocenters. The summed E-state index contributed by atoms with van der Waals surface area (Å²) in [7, 11) is -3.30. The SMILES string of the molecule is O=C(Nc1ccccc1)N1CC(S(=O)(=O)Cc2ccco2)C1. The van der Waals surface area contributed by atoms with E-state index in [-0.39, 0.29) is 24.9 Å². The second-order valence-electron chi connectivity index (χ2n) is 5.21. The molecule has 2 heterocycles. The lowest BCUT2D eigenvalue weighted by atomic mass is 10.2. The molecule has 0 aliphatic carbocycles. The van der Waals surface area contributed by atoms with Gasteiger partial charge < -0.3 is 14.6 Å². The highest BCUT2D eigenvalue weighted by atomic mass is 32.2. The van der Waals surface area contributed by atoms with Gasteiger partial charge in [0.25, 0.3) is 0 Å². The van der Waals surface area contributed by atoms with Crippen LogP contribution in [0.3, 0.4) is 0 Å². The number of hydrogen-bond donors (Lipinski definition) is 1. The third-order valence-corrected chi connectivity index (χ3v) is 5.59. The molecule has 3 rings (SSSR count). The zero-order valence-corrected chi connectivity index (χ0v) is 12.6. The van der Waals surface area contributed by atoms with Gasteiger partial charge in [-0.15, -0.1) is 0 Å². The molecule has 22 heavy (non-hydrogen) atoms. The second kappa shape index (κ2) is 5.84. The minimum absolute atomic E-state index is 0.126. The Kier molecular flexibility index (Phi) is 3.89. The highest BCUT2D eigenvalue weighted by Gasteiger charge is 2.40. The Balaban J connectivity index is 1.54. The second-order valence-corrected chi connectivity index (χ2v) is 7.49. The van der Waals surface area contributed by atoms with E-state index in [1.165, 1.54) is 11.2 Å². The van der Waals surface area contributed by atoms with Crippen molar-refractivity contribution in [1.82, 2.24) is 4.90 Å². The third-order valence-electron chi connectivity index (χ3n) is 3.59. The molecule has 0 radical (unpaired) electrons. The number of urea groups is 1. The predicted octanol–water partition coefficient (Wildman–Crippen LogP) is 2.11. The summed E-state index contributed by atoms with van der Waals surface area (Å²) in [6.45, 7) is 0.420. The molecule has 116 valence electrons. The lowest BCUT2D eigenvalue weighted by Crippen LogP contribution is -2.58. The molecular formula is C15H16N2O4S. The van der Waals surface area contributed by atoms with Crippen molar-refractivity contribution < 1.29 is 17.6 Å². The van der Waals surface area contributed by atoms with Crippen LogP contribution in [0.4, 0.5) is 10.5 Å². The van der Waals surface area contributed by atoms with Gasteiger partial charge in [0, 0.05) is 18.8 Å². The Hall–Kier alpha value is -2.28. The van der Waals surface area contributed by atoms with Gasteiger partial charge in [-0.1, -0.05) is 18.2 Å². The fourth-order valence-corrected chi connectivity index (χ4v) is 3.88. The fraction of sp³-hybridized carbons (Fsp3) is 0.267. The van der Waals surface area contributed by atoms with E-state index < -0.39 is 15.1 Å². The summed E-state index contributed by atoms with van der Waals surface area (Å²) in [5, 5.41) is 2.21. The quantitative estimate of drug-likeness (QED) is 0.935. The van der Waals surface area contributed by atoms with Crippen molar-refractivity contribution in [3.05, 3.63) is 54.5 Å². The standard InChI is InChI=1S/C15H16N2O4S/c18-15(16-12-5-2-1-3-6-12)17-9-14(10-17)22(19,20)11-13-7-4-8-21-13/h1-8,14H,9-11H2,(H,16,18). The maximum absolute atomic E-state index is 12.2. The summed E-state index contributed by atoms with van der Waals surface area (Å²) in [4.78, 5) is 13.5. The van der Waals surface area contributed by atoms with E-state index in [1.807, 2.05) is 18.2 Å². The van der Waals surface area contributed by atoms with E-state index >= 15 is 0 Å². The van der Waals surface area contributed by atoms with Crippen molar-refractivity contribution in [2.45, 2.75) is 11.0 Å². The molecule has 0 atom stereocenters. The van der Waals surface area contributed by atoms with Gasteiger partial charge in [-0.05, 0) is 24.3 Å². The Bertz CT molecular complexity index is 735. The number of rotatable bonds is 4. The highest BCUT2D eigenvalue weighted by Crippen LogP contribution is 2.21. The first-order valence-electron chi connectivity index (χ1n) is 6.89.